The number of aromatic hydroxyl groups is 1. The van der Waals surface area contributed by atoms with Gasteiger partial charge in [0, 0.05) is 75.2 Å². The average Bonchev–Trinajstić information content (AvgIpc) is 3.45. The van der Waals surface area contributed by atoms with Gasteiger partial charge in [-0.2, -0.15) is 5.26 Å². The van der Waals surface area contributed by atoms with E-state index in [1.165, 1.54) is 23.9 Å². The molecule has 5 amide bonds. The topological polar surface area (TPSA) is 166 Å². The van der Waals surface area contributed by atoms with Gasteiger partial charge in [-0.1, -0.05) is 39.3 Å². The van der Waals surface area contributed by atoms with Crippen LogP contribution in [0.5, 0.6) is 5.75 Å². The van der Waals surface area contributed by atoms with E-state index < -0.39 is 23.8 Å². The van der Waals surface area contributed by atoms with Gasteiger partial charge in [0.05, 0.1) is 21.7 Å². The molecule has 1 atom stereocenters. The summed E-state index contributed by atoms with van der Waals surface area (Å²) in [5.74, 6) is -1.22. The second-order valence-corrected chi connectivity index (χ2v) is 18.2. The van der Waals surface area contributed by atoms with E-state index in [-0.39, 0.29) is 52.3 Å². The van der Waals surface area contributed by atoms with Crippen LogP contribution < -0.4 is 20.4 Å². The first-order valence-electron chi connectivity index (χ1n) is 20.4. The lowest BCUT2D eigenvalue weighted by atomic mass is 9.52. The highest BCUT2D eigenvalue weighted by atomic mass is 35.5. The largest absolute Gasteiger partial charge is 0.508 e. The molecule has 4 aliphatic heterocycles. The van der Waals surface area contributed by atoms with E-state index in [2.05, 4.69) is 65.2 Å². The van der Waals surface area contributed by atoms with Gasteiger partial charge in [0.2, 0.25) is 11.8 Å². The summed E-state index contributed by atoms with van der Waals surface area (Å²) in [4.78, 5) is 71.6. The lowest BCUT2D eigenvalue weighted by Crippen LogP contribution is -2.63. The number of imide groups is 2. The molecule has 5 aliphatic rings. The Morgan fingerprint density at radius 1 is 0.831 bits per heavy atom. The van der Waals surface area contributed by atoms with Gasteiger partial charge in [-0.05, 0) is 103 Å². The first-order valence-corrected chi connectivity index (χ1v) is 20.8. The molecule has 14 heteroatoms. The second-order valence-electron chi connectivity index (χ2n) is 17.8. The van der Waals surface area contributed by atoms with Crippen molar-refractivity contribution >= 4 is 52.5 Å². The Labute approximate surface area is 350 Å². The molecule has 4 heterocycles. The number of amides is 5. The molecule has 3 saturated heterocycles. The third kappa shape index (κ3) is 8.80. The molecule has 59 heavy (non-hydrogen) atoms. The van der Waals surface area contributed by atoms with Gasteiger partial charge in [-0.25, -0.2) is 0 Å². The molecular formula is C45H52ClN7O6. The Balaban J connectivity index is 0.000000463. The number of phenols is 1. The number of carbonyl (C=O) groups is 5. The van der Waals surface area contributed by atoms with Crippen LogP contribution >= 0.6 is 11.6 Å². The maximum Gasteiger partial charge on any atom is 0.262 e. The van der Waals surface area contributed by atoms with Crippen LogP contribution in [0.3, 0.4) is 0 Å². The van der Waals surface area contributed by atoms with Gasteiger partial charge in [0.25, 0.3) is 17.7 Å². The van der Waals surface area contributed by atoms with Crippen LogP contribution in [-0.2, 0) is 9.59 Å². The fourth-order valence-corrected chi connectivity index (χ4v) is 10.1. The Morgan fingerprint density at radius 2 is 1.46 bits per heavy atom. The monoisotopic (exact) mass is 821 g/mol. The highest BCUT2D eigenvalue weighted by Crippen LogP contribution is 2.53. The minimum Gasteiger partial charge on any atom is -0.508 e. The summed E-state index contributed by atoms with van der Waals surface area (Å²) in [5, 5.41) is 23.0. The zero-order valence-electron chi connectivity index (χ0n) is 34.1. The lowest BCUT2D eigenvalue weighted by molar-refractivity contribution is -0.136. The third-order valence-electron chi connectivity index (χ3n) is 12.6. The molecule has 3 N–H and O–H groups in total. The van der Waals surface area contributed by atoms with Crippen molar-refractivity contribution in [2.24, 2.45) is 16.7 Å². The van der Waals surface area contributed by atoms with Gasteiger partial charge in [0.1, 0.15) is 17.9 Å². The normalized spacial score (nSPS) is 21.8. The summed E-state index contributed by atoms with van der Waals surface area (Å²) in [6, 6.07) is 18.8. The number of phenolic OH excluding ortho intramolecular Hbond substituents is 1. The fraction of sp³-hybridized carbons (Fsp3) is 0.467. The van der Waals surface area contributed by atoms with Gasteiger partial charge >= 0.3 is 0 Å². The summed E-state index contributed by atoms with van der Waals surface area (Å²) in [5.41, 5.74) is 4.02. The molecule has 13 nitrogen and oxygen atoms in total. The van der Waals surface area contributed by atoms with E-state index in [1.54, 1.807) is 12.1 Å². The van der Waals surface area contributed by atoms with E-state index >= 15 is 0 Å². The van der Waals surface area contributed by atoms with Crippen molar-refractivity contribution in [3.05, 3.63) is 87.9 Å². The van der Waals surface area contributed by atoms with Crippen LogP contribution in [0.15, 0.2) is 60.7 Å². The fourth-order valence-electron chi connectivity index (χ4n) is 9.91. The molecular weight excluding hydrogens is 770 g/mol. The van der Waals surface area contributed by atoms with Crippen molar-refractivity contribution in [1.82, 2.24) is 20.4 Å². The number of halogens is 1. The molecule has 3 aromatic rings. The molecule has 310 valence electrons. The van der Waals surface area contributed by atoms with Crippen molar-refractivity contribution in [2.75, 3.05) is 55.6 Å². The predicted molar refractivity (Wildman–Crippen MR) is 224 cm³/mol. The molecule has 4 fully saturated rings. The summed E-state index contributed by atoms with van der Waals surface area (Å²) < 4.78 is 0. The van der Waals surface area contributed by atoms with Gasteiger partial charge in [-0.15, -0.1) is 0 Å². The van der Waals surface area contributed by atoms with Gasteiger partial charge in [-0.3, -0.25) is 39.1 Å². The molecule has 1 saturated carbocycles. The number of nitrogens with one attached hydrogen (secondary N) is 2. The number of piperazine rings is 1. The molecule has 8 rings (SSSR count). The van der Waals surface area contributed by atoms with Gasteiger partial charge in [0.15, 0.2) is 0 Å². The Hall–Kier alpha value is -5.45. The van der Waals surface area contributed by atoms with Crippen LogP contribution in [0, 0.1) is 28.1 Å². The highest BCUT2D eigenvalue weighted by molar-refractivity contribution is 6.31. The molecule has 1 unspecified atom stereocenters. The number of anilines is 2. The van der Waals surface area contributed by atoms with Gasteiger partial charge < -0.3 is 20.2 Å². The number of hydrogen-bond donors (Lipinski definition) is 3. The quantitative estimate of drug-likeness (QED) is 0.256. The van der Waals surface area contributed by atoms with Crippen molar-refractivity contribution in [2.45, 2.75) is 71.9 Å². The lowest BCUT2D eigenvalue weighted by Gasteiger charge is -2.57. The summed E-state index contributed by atoms with van der Waals surface area (Å²) in [7, 11) is 0. The molecule has 0 aromatic heterocycles. The molecule has 3 aromatic carbocycles. The average molecular weight is 822 g/mol. The number of piperidine rings is 2. The SMILES string of the molecule is CC1(C)CC(C)(C)C1NC(=O)c1ccc(N2CCC(CN3CCN(c4ccc5c(c4)C(=O)N(C4CCC(=O)NC4=O)C5=O)CC3)CC2)cc1.N#Cc1ccc(O)cc1Cl. The number of nitrogens with zero attached hydrogens (tertiary/aromatic N) is 5. The van der Waals surface area contributed by atoms with Crippen molar-refractivity contribution in [1.29, 1.82) is 5.26 Å². The van der Waals surface area contributed by atoms with Crippen molar-refractivity contribution < 1.29 is 29.1 Å². The molecule has 1 aliphatic carbocycles. The summed E-state index contributed by atoms with van der Waals surface area (Å²) in [6.07, 6.45) is 3.60. The van der Waals surface area contributed by atoms with Crippen LogP contribution in [0.2, 0.25) is 5.02 Å². The minimum absolute atomic E-state index is 0.00685. The number of fused-ring (bicyclic) bond motifs is 1. The predicted octanol–water partition coefficient (Wildman–Crippen LogP) is 5.60. The molecule has 0 spiro atoms. The van der Waals surface area contributed by atoms with E-state index in [0.29, 0.717) is 28.2 Å². The third-order valence-corrected chi connectivity index (χ3v) is 12.9. The van der Waals surface area contributed by atoms with Crippen LogP contribution in [0.25, 0.3) is 0 Å². The van der Waals surface area contributed by atoms with Crippen molar-refractivity contribution in [3.63, 3.8) is 0 Å². The number of benzene rings is 3. The first-order chi connectivity index (χ1) is 28.0. The van der Waals surface area contributed by atoms with E-state index in [9.17, 15) is 24.0 Å². The Bertz CT molecular complexity index is 2170. The van der Waals surface area contributed by atoms with Crippen LogP contribution in [-0.4, -0.2) is 102 Å². The summed E-state index contributed by atoms with van der Waals surface area (Å²) >= 11 is 5.55. The Kier molecular flexibility index (Phi) is 11.8. The van der Waals surface area contributed by atoms with E-state index in [4.69, 9.17) is 22.0 Å². The zero-order chi connectivity index (χ0) is 42.2. The zero-order valence-corrected chi connectivity index (χ0v) is 34.8. The number of rotatable bonds is 7. The number of carbonyl (C=O) groups excluding carboxylic acids is 5. The Morgan fingerprint density at radius 3 is 2.07 bits per heavy atom. The highest BCUT2D eigenvalue weighted by Gasteiger charge is 2.53. The maximum absolute atomic E-state index is 13.3. The van der Waals surface area contributed by atoms with Crippen LogP contribution in [0.4, 0.5) is 11.4 Å². The summed E-state index contributed by atoms with van der Waals surface area (Å²) in [6.45, 7) is 15.5. The number of nitriles is 1. The van der Waals surface area contributed by atoms with Crippen LogP contribution in [0.1, 0.15) is 96.4 Å². The van der Waals surface area contributed by atoms with E-state index in [0.717, 1.165) is 75.7 Å². The minimum atomic E-state index is -0.958. The molecule has 0 bridgehead atoms. The number of hydrogen-bond acceptors (Lipinski definition) is 10. The van der Waals surface area contributed by atoms with Crippen molar-refractivity contribution in [3.8, 4) is 11.8 Å². The first kappa shape index (κ1) is 41.7. The smallest absolute Gasteiger partial charge is 0.262 e. The second kappa shape index (κ2) is 16.7. The standard InChI is InChI=1S/C38H48N6O5.C7H4ClNO/c1-37(2)23-38(3,4)36(37)40-32(46)25-5-7-26(8-6-25)42-15-13-24(14-16-42)22-41-17-19-43(20-18-41)27-9-10-28-29(21-27)35(49)44(34(28)48)30-11-12-31(45)39-33(30)47;8-7-3-6(10)2-1-5(7)4-9/h5-10,21,24,30,36H,11-20,22-23H2,1-4H3,(H,40,46)(H,39,45,47);1-3,10H. The van der Waals surface area contributed by atoms with E-state index in [1.807, 2.05) is 24.3 Å². The molecule has 0 radical (unpaired) electrons. The maximum atomic E-state index is 13.3.